The first-order chi connectivity index (χ1) is 13.3. The number of halogens is 1. The summed E-state index contributed by atoms with van der Waals surface area (Å²) in [6, 6.07) is 10.2. The van der Waals surface area contributed by atoms with Gasteiger partial charge in [0.1, 0.15) is 11.3 Å². The molecular formula is C21H19IN2O3S. The van der Waals surface area contributed by atoms with Crippen LogP contribution >= 0.6 is 34.8 Å². The minimum Gasteiger partial charge on any atom is -0.496 e. The van der Waals surface area contributed by atoms with E-state index in [-0.39, 0.29) is 10.7 Å². The highest BCUT2D eigenvalue weighted by molar-refractivity contribution is 14.1. The summed E-state index contributed by atoms with van der Waals surface area (Å²) in [5.41, 5.74) is 5.43. The van der Waals surface area contributed by atoms with Crippen LogP contribution in [0.5, 0.6) is 5.75 Å². The van der Waals surface area contributed by atoms with Crippen molar-refractivity contribution in [1.82, 2.24) is 10.6 Å². The summed E-state index contributed by atoms with van der Waals surface area (Å²) in [7, 11) is 1.62. The maximum atomic E-state index is 12.1. The smallest absolute Gasteiger partial charge is 0.263 e. The van der Waals surface area contributed by atoms with Crippen LogP contribution in [0.2, 0.25) is 0 Å². The fraction of sp³-hybridized carbons (Fsp3) is 0.190. The van der Waals surface area contributed by atoms with Crippen LogP contribution in [0.15, 0.2) is 35.9 Å². The highest BCUT2D eigenvalue weighted by Gasteiger charge is 2.25. The molecule has 1 aliphatic rings. The van der Waals surface area contributed by atoms with Gasteiger partial charge in [-0.3, -0.25) is 20.2 Å². The molecule has 1 fully saturated rings. The number of hydrogen-bond donors (Lipinski definition) is 2. The summed E-state index contributed by atoms with van der Waals surface area (Å²) in [6.45, 7) is 4.17. The number of ether oxygens (including phenoxy) is 1. The van der Waals surface area contributed by atoms with Crippen LogP contribution in [0.4, 0.5) is 0 Å². The van der Waals surface area contributed by atoms with Crippen LogP contribution in [0.3, 0.4) is 0 Å². The number of carbonyl (C=O) groups excluding carboxylic acids is 2. The number of thiocarbonyl (C=S) groups is 1. The lowest BCUT2D eigenvalue weighted by Crippen LogP contribution is -2.51. The molecule has 0 spiro atoms. The van der Waals surface area contributed by atoms with Crippen molar-refractivity contribution in [2.24, 2.45) is 0 Å². The summed E-state index contributed by atoms with van der Waals surface area (Å²) < 4.78 is 6.60. The molecule has 2 aromatic rings. The quantitative estimate of drug-likeness (QED) is 0.289. The van der Waals surface area contributed by atoms with Gasteiger partial charge in [0.15, 0.2) is 5.11 Å². The van der Waals surface area contributed by atoms with Crippen LogP contribution in [-0.2, 0) is 16.0 Å². The maximum Gasteiger partial charge on any atom is 0.263 e. The van der Waals surface area contributed by atoms with Crippen LogP contribution in [0.25, 0.3) is 6.08 Å². The van der Waals surface area contributed by atoms with Crippen LogP contribution in [0.1, 0.15) is 27.8 Å². The van der Waals surface area contributed by atoms with E-state index in [1.807, 2.05) is 12.1 Å². The molecule has 5 nitrogen and oxygen atoms in total. The lowest BCUT2D eigenvalue weighted by atomic mass is 9.98. The third kappa shape index (κ3) is 4.59. The molecule has 0 aromatic heterocycles. The molecule has 1 saturated heterocycles. The zero-order chi connectivity index (χ0) is 20.4. The summed E-state index contributed by atoms with van der Waals surface area (Å²) in [4.78, 5) is 24.1. The average Bonchev–Trinajstić information content (AvgIpc) is 2.59. The van der Waals surface area contributed by atoms with Gasteiger partial charge in [0.25, 0.3) is 11.8 Å². The van der Waals surface area contributed by atoms with E-state index in [2.05, 4.69) is 65.3 Å². The van der Waals surface area contributed by atoms with Gasteiger partial charge in [0.05, 0.1) is 7.11 Å². The van der Waals surface area contributed by atoms with E-state index in [4.69, 9.17) is 17.0 Å². The Morgan fingerprint density at radius 2 is 1.64 bits per heavy atom. The topological polar surface area (TPSA) is 67.4 Å². The molecule has 28 heavy (non-hydrogen) atoms. The fourth-order valence-corrected chi connectivity index (χ4v) is 4.22. The zero-order valence-corrected chi connectivity index (χ0v) is 18.7. The molecule has 0 bridgehead atoms. The molecule has 0 unspecified atom stereocenters. The summed E-state index contributed by atoms with van der Waals surface area (Å²) in [6.07, 6.45) is 2.27. The SMILES string of the molecule is COc1cc(C=C2C(=O)NC(=S)NC2=O)cc(I)c1Cc1cc(C)cc(C)c1. The van der Waals surface area contributed by atoms with Crippen LogP contribution in [0, 0.1) is 17.4 Å². The molecule has 1 heterocycles. The lowest BCUT2D eigenvalue weighted by Gasteiger charge is -2.17. The molecule has 0 radical (unpaired) electrons. The molecule has 2 amide bonds. The molecule has 0 aliphatic carbocycles. The van der Waals surface area contributed by atoms with Gasteiger partial charge in [-0.2, -0.15) is 0 Å². The maximum absolute atomic E-state index is 12.1. The minimum atomic E-state index is -0.512. The standard InChI is InChI=1S/C21H19IN2O3S/c1-11-4-12(2)6-13(5-11)7-15-17(22)9-14(10-18(15)27-3)8-16-19(25)23-21(28)24-20(16)26/h4-6,8-10H,7H2,1-3H3,(H2,23,24,25,26,28). The number of rotatable bonds is 4. The monoisotopic (exact) mass is 506 g/mol. The Morgan fingerprint density at radius 1 is 1.04 bits per heavy atom. The summed E-state index contributed by atoms with van der Waals surface area (Å²) in [5, 5.41) is 4.89. The van der Waals surface area contributed by atoms with Crippen LogP contribution in [-0.4, -0.2) is 24.0 Å². The predicted octanol–water partition coefficient (Wildman–Crippen LogP) is 3.42. The highest BCUT2D eigenvalue weighted by atomic mass is 127. The number of methoxy groups -OCH3 is 1. The largest absolute Gasteiger partial charge is 0.496 e. The van der Waals surface area contributed by atoms with E-state index in [1.165, 1.54) is 22.8 Å². The predicted molar refractivity (Wildman–Crippen MR) is 121 cm³/mol. The normalized spacial score (nSPS) is 13.9. The van der Waals surface area contributed by atoms with Crippen molar-refractivity contribution < 1.29 is 14.3 Å². The van der Waals surface area contributed by atoms with E-state index < -0.39 is 11.8 Å². The molecule has 2 N–H and O–H groups in total. The Kier molecular flexibility index (Phi) is 6.14. The Bertz CT molecular complexity index is 988. The molecular weight excluding hydrogens is 487 g/mol. The first-order valence-corrected chi connectivity index (χ1v) is 10.1. The first kappa shape index (κ1) is 20.5. The Hall–Kier alpha value is -2.26. The second kappa shape index (κ2) is 8.40. The molecule has 7 heteroatoms. The molecule has 1 aliphatic heterocycles. The zero-order valence-electron chi connectivity index (χ0n) is 15.7. The second-order valence-electron chi connectivity index (χ2n) is 6.65. The van der Waals surface area contributed by atoms with Gasteiger partial charge in [-0.05, 0) is 78.0 Å². The van der Waals surface area contributed by atoms with Gasteiger partial charge in [-0.15, -0.1) is 0 Å². The fourth-order valence-electron chi connectivity index (χ4n) is 3.22. The lowest BCUT2D eigenvalue weighted by molar-refractivity contribution is -0.123. The average molecular weight is 506 g/mol. The Balaban J connectivity index is 1.98. The van der Waals surface area contributed by atoms with Gasteiger partial charge < -0.3 is 4.74 Å². The van der Waals surface area contributed by atoms with Crippen LogP contribution < -0.4 is 15.4 Å². The molecule has 0 atom stereocenters. The van der Waals surface area contributed by atoms with Crippen molar-refractivity contribution >= 4 is 57.8 Å². The van der Waals surface area contributed by atoms with Crippen molar-refractivity contribution in [2.45, 2.75) is 20.3 Å². The van der Waals surface area contributed by atoms with Crippen molar-refractivity contribution in [3.63, 3.8) is 0 Å². The van der Waals surface area contributed by atoms with Gasteiger partial charge in [0.2, 0.25) is 0 Å². The number of aryl methyl sites for hydroxylation is 2. The van der Waals surface area contributed by atoms with Gasteiger partial charge in [-0.1, -0.05) is 29.3 Å². The number of benzene rings is 2. The third-order valence-electron chi connectivity index (χ3n) is 4.31. The third-order valence-corrected chi connectivity index (χ3v) is 5.48. The number of hydrogen-bond acceptors (Lipinski definition) is 4. The molecule has 3 rings (SSSR count). The van der Waals surface area contributed by atoms with Gasteiger partial charge in [-0.25, -0.2) is 0 Å². The van der Waals surface area contributed by atoms with Crippen molar-refractivity contribution in [2.75, 3.05) is 7.11 Å². The van der Waals surface area contributed by atoms with E-state index in [0.29, 0.717) is 11.3 Å². The molecule has 0 saturated carbocycles. The van der Waals surface area contributed by atoms with Crippen molar-refractivity contribution in [1.29, 1.82) is 0 Å². The number of carbonyl (C=O) groups is 2. The number of nitrogens with one attached hydrogen (secondary N) is 2. The summed E-state index contributed by atoms with van der Waals surface area (Å²) in [5.74, 6) is -0.311. The molecule has 2 aromatic carbocycles. The minimum absolute atomic E-state index is 0.00788. The van der Waals surface area contributed by atoms with Crippen molar-refractivity contribution in [3.05, 3.63) is 67.3 Å². The van der Waals surface area contributed by atoms with E-state index >= 15 is 0 Å². The van der Waals surface area contributed by atoms with Gasteiger partial charge in [0, 0.05) is 15.6 Å². The Labute approximate surface area is 182 Å². The second-order valence-corrected chi connectivity index (χ2v) is 8.22. The van der Waals surface area contributed by atoms with E-state index in [9.17, 15) is 9.59 Å². The van der Waals surface area contributed by atoms with Crippen molar-refractivity contribution in [3.8, 4) is 5.75 Å². The van der Waals surface area contributed by atoms with E-state index in [1.54, 1.807) is 7.11 Å². The molecule has 144 valence electrons. The van der Waals surface area contributed by atoms with E-state index in [0.717, 1.165) is 15.6 Å². The van der Waals surface area contributed by atoms with Gasteiger partial charge >= 0.3 is 0 Å². The Morgan fingerprint density at radius 3 is 2.21 bits per heavy atom. The number of amides is 2. The first-order valence-electron chi connectivity index (χ1n) is 8.58. The summed E-state index contributed by atoms with van der Waals surface area (Å²) >= 11 is 7.08. The highest BCUT2D eigenvalue weighted by Crippen LogP contribution is 2.30.